The van der Waals surface area contributed by atoms with E-state index in [1.165, 1.54) is 18.1 Å². The molecule has 4 N–H and O–H groups in total. The van der Waals surface area contributed by atoms with Crippen LogP contribution in [-0.2, 0) is 16.6 Å². The number of primary sulfonamides is 1. The highest BCUT2D eigenvalue weighted by atomic mass is 32.2. The lowest BCUT2D eigenvalue weighted by atomic mass is 10.2. The molecule has 13 heteroatoms. The molecular formula is C16H19N7O4S2. The summed E-state index contributed by atoms with van der Waals surface area (Å²) >= 11 is 1.34. The van der Waals surface area contributed by atoms with Gasteiger partial charge in [-0.3, -0.25) is 0 Å². The minimum Gasteiger partial charge on any atom is -0.454 e. The second kappa shape index (κ2) is 7.24. The molecule has 0 unspecified atom stereocenters. The summed E-state index contributed by atoms with van der Waals surface area (Å²) < 4.78 is 35.7. The van der Waals surface area contributed by atoms with E-state index in [2.05, 4.69) is 15.0 Å². The van der Waals surface area contributed by atoms with Crippen LogP contribution in [0.4, 0.5) is 11.5 Å². The van der Waals surface area contributed by atoms with E-state index in [0.717, 1.165) is 10.6 Å². The highest BCUT2D eigenvalue weighted by molar-refractivity contribution is 7.99. The monoisotopic (exact) mass is 437 g/mol. The predicted octanol–water partition coefficient (Wildman–Crippen LogP) is 0.643. The van der Waals surface area contributed by atoms with Gasteiger partial charge in [-0.2, -0.15) is 0 Å². The van der Waals surface area contributed by atoms with Crippen molar-refractivity contribution in [1.29, 1.82) is 0 Å². The standard InChI is InChI=1S/C16H19N7O4S2/c1-22(2)9-5-10-11(27-8-26-10)6-12(9)28-16-21-13-14(17)19-7-20-15(13)23(16)3-4-29(18,24)25/h5-7H,3-4,8H2,1-2H3,(H2,17,19,20)(H2,18,24,25). The second-order valence-corrected chi connectivity index (χ2v) is 9.26. The maximum Gasteiger partial charge on any atom is 0.231 e. The van der Waals surface area contributed by atoms with Gasteiger partial charge in [0, 0.05) is 37.7 Å². The van der Waals surface area contributed by atoms with Crippen LogP contribution in [0.25, 0.3) is 11.2 Å². The summed E-state index contributed by atoms with van der Waals surface area (Å²) in [6.45, 7) is 0.241. The number of sulfonamides is 1. The number of rotatable bonds is 6. The molecule has 1 aliphatic rings. The fourth-order valence-electron chi connectivity index (χ4n) is 2.87. The first-order valence-corrected chi connectivity index (χ1v) is 11.0. The Morgan fingerprint density at radius 3 is 2.66 bits per heavy atom. The van der Waals surface area contributed by atoms with Gasteiger partial charge in [0.05, 0.1) is 11.4 Å². The highest BCUT2D eigenvalue weighted by Crippen LogP contribution is 2.44. The van der Waals surface area contributed by atoms with Gasteiger partial charge in [-0.05, 0) is 11.8 Å². The Morgan fingerprint density at radius 2 is 1.97 bits per heavy atom. The minimum atomic E-state index is -3.68. The third kappa shape index (κ3) is 3.88. The van der Waals surface area contributed by atoms with Crippen LogP contribution in [0, 0.1) is 0 Å². The molecule has 0 amide bonds. The van der Waals surface area contributed by atoms with Crippen molar-refractivity contribution in [2.45, 2.75) is 16.6 Å². The smallest absolute Gasteiger partial charge is 0.231 e. The summed E-state index contributed by atoms with van der Waals surface area (Å²) in [7, 11) is 0.148. The second-order valence-electron chi connectivity index (χ2n) is 6.51. The third-order valence-corrected chi connectivity index (χ3v) is 6.05. The van der Waals surface area contributed by atoms with Crippen molar-refractivity contribution in [3.05, 3.63) is 18.5 Å². The van der Waals surface area contributed by atoms with Crippen LogP contribution in [0.15, 0.2) is 28.5 Å². The fraction of sp³-hybridized carbons (Fsp3) is 0.312. The quantitative estimate of drug-likeness (QED) is 0.562. The molecule has 0 bridgehead atoms. The molecule has 0 saturated carbocycles. The molecule has 11 nitrogen and oxygen atoms in total. The van der Waals surface area contributed by atoms with E-state index >= 15 is 0 Å². The van der Waals surface area contributed by atoms with E-state index in [1.807, 2.05) is 31.1 Å². The average molecular weight is 438 g/mol. The number of anilines is 2. The van der Waals surface area contributed by atoms with Crippen molar-refractivity contribution in [2.24, 2.45) is 5.14 Å². The van der Waals surface area contributed by atoms with Crippen LogP contribution in [-0.4, -0.2) is 54.6 Å². The molecule has 0 fully saturated rings. The maximum atomic E-state index is 11.5. The number of nitrogens with two attached hydrogens (primary N) is 2. The Bertz CT molecular complexity index is 1190. The predicted molar refractivity (Wildman–Crippen MR) is 109 cm³/mol. The molecular weight excluding hydrogens is 418 g/mol. The Hall–Kier alpha value is -2.77. The molecule has 0 atom stereocenters. The van der Waals surface area contributed by atoms with Gasteiger partial charge in [0.1, 0.15) is 6.33 Å². The number of ether oxygens (including phenoxy) is 2. The van der Waals surface area contributed by atoms with E-state index in [-0.39, 0.29) is 24.9 Å². The molecule has 0 radical (unpaired) electrons. The summed E-state index contributed by atoms with van der Waals surface area (Å²) in [6.07, 6.45) is 1.31. The molecule has 1 aliphatic heterocycles. The highest BCUT2D eigenvalue weighted by Gasteiger charge is 2.22. The van der Waals surface area contributed by atoms with Gasteiger partial charge < -0.3 is 24.7 Å². The van der Waals surface area contributed by atoms with Crippen molar-refractivity contribution in [3.63, 3.8) is 0 Å². The number of nitrogens with zero attached hydrogens (tertiary/aromatic N) is 5. The van der Waals surface area contributed by atoms with Crippen LogP contribution < -0.4 is 25.2 Å². The Balaban J connectivity index is 1.81. The largest absolute Gasteiger partial charge is 0.454 e. The molecule has 0 spiro atoms. The zero-order valence-electron chi connectivity index (χ0n) is 15.7. The van der Waals surface area contributed by atoms with Crippen LogP contribution in [0.1, 0.15) is 0 Å². The molecule has 154 valence electrons. The average Bonchev–Trinajstić information content (AvgIpc) is 3.23. The lowest BCUT2D eigenvalue weighted by Gasteiger charge is -2.18. The first kappa shape index (κ1) is 19.5. The van der Waals surface area contributed by atoms with E-state index in [1.54, 1.807) is 4.57 Å². The first-order chi connectivity index (χ1) is 13.7. The van der Waals surface area contributed by atoms with Gasteiger partial charge >= 0.3 is 0 Å². The van der Waals surface area contributed by atoms with Crippen LogP contribution in [0.3, 0.4) is 0 Å². The zero-order valence-corrected chi connectivity index (χ0v) is 17.3. The Labute approximate surface area is 171 Å². The number of nitrogen functional groups attached to an aromatic ring is 1. The molecule has 29 heavy (non-hydrogen) atoms. The van der Waals surface area contributed by atoms with Gasteiger partial charge in [-0.15, -0.1) is 0 Å². The van der Waals surface area contributed by atoms with E-state index in [9.17, 15) is 8.42 Å². The molecule has 3 aromatic rings. The number of benzene rings is 1. The van der Waals surface area contributed by atoms with Crippen molar-refractivity contribution in [3.8, 4) is 11.5 Å². The number of hydrogen-bond acceptors (Lipinski definition) is 10. The molecule has 0 saturated heterocycles. The number of aryl methyl sites for hydroxylation is 1. The van der Waals surface area contributed by atoms with Gasteiger partial charge in [-0.25, -0.2) is 28.5 Å². The lowest BCUT2D eigenvalue weighted by molar-refractivity contribution is 0.174. The number of imidazole rings is 1. The minimum absolute atomic E-state index is 0.0793. The maximum absolute atomic E-state index is 11.5. The van der Waals surface area contributed by atoms with Crippen molar-refractivity contribution in [2.75, 3.05) is 37.3 Å². The molecule has 2 aromatic heterocycles. The summed E-state index contributed by atoms with van der Waals surface area (Å²) in [6, 6.07) is 3.75. The van der Waals surface area contributed by atoms with E-state index < -0.39 is 10.0 Å². The normalized spacial score (nSPS) is 13.2. The molecule has 4 rings (SSSR count). The van der Waals surface area contributed by atoms with Crippen LogP contribution in [0.2, 0.25) is 0 Å². The summed E-state index contributed by atoms with van der Waals surface area (Å²) in [5.41, 5.74) is 7.67. The van der Waals surface area contributed by atoms with E-state index in [0.29, 0.717) is 27.8 Å². The van der Waals surface area contributed by atoms with E-state index in [4.69, 9.17) is 20.3 Å². The summed E-state index contributed by atoms with van der Waals surface area (Å²) in [4.78, 5) is 15.5. The van der Waals surface area contributed by atoms with Crippen LogP contribution >= 0.6 is 11.8 Å². The fourth-order valence-corrected chi connectivity index (χ4v) is 4.44. The zero-order chi connectivity index (χ0) is 20.8. The van der Waals surface area contributed by atoms with Crippen LogP contribution in [0.5, 0.6) is 11.5 Å². The molecule has 3 heterocycles. The van der Waals surface area contributed by atoms with Crippen molar-refractivity contribution in [1.82, 2.24) is 19.5 Å². The topological polar surface area (TPSA) is 151 Å². The Kier molecular flexibility index (Phi) is 4.88. The van der Waals surface area contributed by atoms with Gasteiger partial charge in [0.2, 0.25) is 16.8 Å². The first-order valence-electron chi connectivity index (χ1n) is 8.49. The molecule has 0 aliphatic carbocycles. The van der Waals surface area contributed by atoms with Gasteiger partial charge in [0.15, 0.2) is 33.6 Å². The summed E-state index contributed by atoms with van der Waals surface area (Å²) in [5.74, 6) is 1.24. The van der Waals surface area contributed by atoms with Crippen molar-refractivity contribution < 1.29 is 17.9 Å². The lowest BCUT2D eigenvalue weighted by Crippen LogP contribution is -2.20. The number of hydrogen-bond donors (Lipinski definition) is 2. The van der Waals surface area contributed by atoms with Crippen molar-refractivity contribution >= 4 is 44.5 Å². The summed E-state index contributed by atoms with van der Waals surface area (Å²) in [5, 5.41) is 5.70. The SMILES string of the molecule is CN(C)c1cc2c(cc1Sc1nc3c(N)ncnc3n1CCS(N)(=O)=O)OCO2. The number of fused-ring (bicyclic) bond motifs is 2. The van der Waals surface area contributed by atoms with Gasteiger partial charge in [0.25, 0.3) is 0 Å². The van der Waals surface area contributed by atoms with Gasteiger partial charge in [-0.1, -0.05) is 0 Å². The molecule has 1 aromatic carbocycles. The Morgan fingerprint density at radius 1 is 1.24 bits per heavy atom. The third-order valence-electron chi connectivity index (χ3n) is 4.26. The number of aromatic nitrogens is 4.